The van der Waals surface area contributed by atoms with E-state index >= 15 is 0 Å². The molecule has 2 rings (SSSR count). The molecule has 2 N–H and O–H groups in total. The normalized spacial score (nSPS) is 16.0. The van der Waals surface area contributed by atoms with Crippen LogP contribution in [0.2, 0.25) is 0 Å². The van der Waals surface area contributed by atoms with Crippen molar-refractivity contribution in [1.82, 2.24) is 4.31 Å². The maximum absolute atomic E-state index is 12.1. The minimum Gasteiger partial charge on any atom is -0.482 e. The van der Waals surface area contributed by atoms with E-state index in [-0.39, 0.29) is 0 Å². The predicted molar refractivity (Wildman–Crippen MR) is 72.9 cm³/mol. The molecule has 0 aliphatic carbocycles. The Balaban J connectivity index is 2.05. The molecule has 20 heavy (non-hydrogen) atoms. The molecular formula is C12H16N2O5S. The Morgan fingerprint density at radius 1 is 1.35 bits per heavy atom. The molecule has 0 spiro atoms. The molecule has 1 fully saturated rings. The molecule has 1 aliphatic heterocycles. The molecule has 1 aliphatic rings. The second-order valence-corrected chi connectivity index (χ2v) is 6.09. The van der Waals surface area contributed by atoms with Crippen LogP contribution in [0.4, 0.5) is 5.69 Å². The van der Waals surface area contributed by atoms with Gasteiger partial charge in [0.25, 0.3) is 0 Å². The molecule has 8 heteroatoms. The molecule has 7 nitrogen and oxygen atoms in total. The topological polar surface area (TPSA) is 95.9 Å². The number of carbonyl (C=O) groups is 1. The summed E-state index contributed by atoms with van der Waals surface area (Å²) in [6, 6.07) is 6.20. The maximum Gasteiger partial charge on any atom is 0.341 e. The van der Waals surface area contributed by atoms with Gasteiger partial charge in [-0.2, -0.15) is 12.7 Å². The number of anilines is 1. The van der Waals surface area contributed by atoms with E-state index in [1.165, 1.54) is 10.4 Å². The Bertz CT molecular complexity index is 581. The van der Waals surface area contributed by atoms with E-state index in [1.54, 1.807) is 18.2 Å². The lowest BCUT2D eigenvalue weighted by molar-refractivity contribution is -0.139. The lowest BCUT2D eigenvalue weighted by Gasteiger charge is -2.17. The standard InChI is InChI=1S/C12H16N2O5S/c15-12(16)9-19-11-5-3-4-10(8-11)13-20(17,18)14-6-1-2-7-14/h3-5,8,13H,1-2,6-7,9H2,(H,15,16). The highest BCUT2D eigenvalue weighted by Crippen LogP contribution is 2.20. The quantitative estimate of drug-likeness (QED) is 0.814. The van der Waals surface area contributed by atoms with Crippen LogP contribution in [-0.4, -0.2) is 43.5 Å². The number of nitrogens with one attached hydrogen (secondary N) is 1. The van der Waals surface area contributed by atoms with Crippen LogP contribution in [0.3, 0.4) is 0 Å². The van der Waals surface area contributed by atoms with Crippen molar-refractivity contribution in [2.24, 2.45) is 0 Å². The van der Waals surface area contributed by atoms with Crippen LogP contribution in [0.5, 0.6) is 5.75 Å². The summed E-state index contributed by atoms with van der Waals surface area (Å²) >= 11 is 0. The maximum atomic E-state index is 12.1. The van der Waals surface area contributed by atoms with Gasteiger partial charge in [-0.3, -0.25) is 4.72 Å². The Morgan fingerprint density at radius 3 is 2.70 bits per heavy atom. The molecule has 0 radical (unpaired) electrons. The van der Waals surface area contributed by atoms with Gasteiger partial charge >= 0.3 is 16.2 Å². The minimum absolute atomic E-state index is 0.300. The molecule has 0 saturated carbocycles. The highest BCUT2D eigenvalue weighted by Gasteiger charge is 2.25. The van der Waals surface area contributed by atoms with Crippen molar-refractivity contribution < 1.29 is 23.1 Å². The number of carboxylic acid groups (broad SMARTS) is 1. The van der Waals surface area contributed by atoms with E-state index in [0.717, 1.165) is 12.8 Å². The van der Waals surface area contributed by atoms with Crippen LogP contribution >= 0.6 is 0 Å². The fraction of sp³-hybridized carbons (Fsp3) is 0.417. The van der Waals surface area contributed by atoms with Crippen molar-refractivity contribution in [2.75, 3.05) is 24.4 Å². The molecule has 1 aromatic rings. The van der Waals surface area contributed by atoms with Crippen LogP contribution in [0.25, 0.3) is 0 Å². The van der Waals surface area contributed by atoms with Gasteiger partial charge < -0.3 is 9.84 Å². The van der Waals surface area contributed by atoms with E-state index in [9.17, 15) is 13.2 Å². The van der Waals surface area contributed by atoms with Gasteiger partial charge in [0.2, 0.25) is 0 Å². The van der Waals surface area contributed by atoms with Crippen LogP contribution in [0, 0.1) is 0 Å². The summed E-state index contributed by atoms with van der Waals surface area (Å²) in [5.74, 6) is -0.790. The molecular weight excluding hydrogens is 284 g/mol. The third kappa shape index (κ3) is 3.84. The lowest BCUT2D eigenvalue weighted by atomic mass is 10.3. The van der Waals surface area contributed by atoms with Gasteiger partial charge in [0.15, 0.2) is 6.61 Å². The van der Waals surface area contributed by atoms with Crippen LogP contribution in [-0.2, 0) is 15.0 Å². The third-order valence-electron chi connectivity index (χ3n) is 2.85. The van der Waals surface area contributed by atoms with E-state index in [0.29, 0.717) is 24.5 Å². The van der Waals surface area contributed by atoms with Crippen molar-refractivity contribution in [1.29, 1.82) is 0 Å². The summed E-state index contributed by atoms with van der Waals surface area (Å²) in [5.41, 5.74) is 0.347. The van der Waals surface area contributed by atoms with Crippen LogP contribution < -0.4 is 9.46 Å². The summed E-state index contributed by atoms with van der Waals surface area (Å²) in [4.78, 5) is 10.4. The Morgan fingerprint density at radius 2 is 2.05 bits per heavy atom. The molecule has 1 aromatic carbocycles. The molecule has 0 atom stereocenters. The van der Waals surface area contributed by atoms with Crippen LogP contribution in [0.1, 0.15) is 12.8 Å². The fourth-order valence-electron chi connectivity index (χ4n) is 1.94. The highest BCUT2D eigenvalue weighted by atomic mass is 32.2. The number of benzene rings is 1. The van der Waals surface area contributed by atoms with E-state index in [2.05, 4.69) is 4.72 Å². The van der Waals surface area contributed by atoms with Gasteiger partial charge in [0.05, 0.1) is 5.69 Å². The number of ether oxygens (including phenoxy) is 1. The van der Waals surface area contributed by atoms with Gasteiger partial charge in [-0.15, -0.1) is 0 Å². The average molecular weight is 300 g/mol. The third-order valence-corrected chi connectivity index (χ3v) is 4.39. The lowest BCUT2D eigenvalue weighted by Crippen LogP contribution is -2.33. The Hall–Kier alpha value is -1.80. The minimum atomic E-state index is -3.55. The van der Waals surface area contributed by atoms with Gasteiger partial charge in [-0.25, -0.2) is 4.79 Å². The summed E-state index contributed by atoms with van der Waals surface area (Å²) in [6.07, 6.45) is 1.73. The number of hydrogen-bond donors (Lipinski definition) is 2. The largest absolute Gasteiger partial charge is 0.482 e. The monoisotopic (exact) mass is 300 g/mol. The zero-order chi connectivity index (χ0) is 14.6. The number of hydrogen-bond acceptors (Lipinski definition) is 4. The Labute approximate surface area is 117 Å². The number of aliphatic carboxylic acids is 1. The molecule has 1 heterocycles. The van der Waals surface area contributed by atoms with Crippen molar-refractivity contribution in [2.45, 2.75) is 12.8 Å². The first-order chi connectivity index (χ1) is 9.47. The van der Waals surface area contributed by atoms with Crippen molar-refractivity contribution in [3.05, 3.63) is 24.3 Å². The molecule has 110 valence electrons. The zero-order valence-electron chi connectivity index (χ0n) is 10.8. The van der Waals surface area contributed by atoms with E-state index in [4.69, 9.17) is 9.84 Å². The number of nitrogens with zero attached hydrogens (tertiary/aromatic N) is 1. The number of carboxylic acids is 1. The molecule has 0 unspecified atom stereocenters. The van der Waals surface area contributed by atoms with Crippen LogP contribution in [0.15, 0.2) is 24.3 Å². The average Bonchev–Trinajstić information content (AvgIpc) is 2.91. The first-order valence-electron chi connectivity index (χ1n) is 6.20. The SMILES string of the molecule is O=C(O)COc1cccc(NS(=O)(=O)N2CCCC2)c1. The van der Waals surface area contributed by atoms with E-state index in [1.807, 2.05) is 0 Å². The van der Waals surface area contributed by atoms with Crippen molar-refractivity contribution in [3.63, 3.8) is 0 Å². The summed E-state index contributed by atoms with van der Waals surface area (Å²) in [5, 5.41) is 8.53. The Kier molecular flexibility index (Phi) is 4.46. The summed E-state index contributed by atoms with van der Waals surface area (Å²) in [7, 11) is -3.55. The van der Waals surface area contributed by atoms with Gasteiger partial charge in [-0.05, 0) is 25.0 Å². The second-order valence-electron chi connectivity index (χ2n) is 4.42. The summed E-state index contributed by atoms with van der Waals surface area (Å²) in [6.45, 7) is 0.567. The first-order valence-corrected chi connectivity index (χ1v) is 7.64. The fourth-order valence-corrected chi connectivity index (χ4v) is 3.23. The van der Waals surface area contributed by atoms with Gasteiger partial charge in [0, 0.05) is 19.2 Å². The van der Waals surface area contributed by atoms with Crippen molar-refractivity contribution >= 4 is 21.9 Å². The highest BCUT2D eigenvalue weighted by molar-refractivity contribution is 7.90. The van der Waals surface area contributed by atoms with Gasteiger partial charge in [-0.1, -0.05) is 6.07 Å². The van der Waals surface area contributed by atoms with E-state index < -0.39 is 22.8 Å². The molecule has 1 saturated heterocycles. The first kappa shape index (κ1) is 14.6. The van der Waals surface area contributed by atoms with Crippen molar-refractivity contribution in [3.8, 4) is 5.75 Å². The van der Waals surface area contributed by atoms with Gasteiger partial charge in [0.1, 0.15) is 5.75 Å². The number of rotatable bonds is 6. The molecule has 0 bridgehead atoms. The second kappa shape index (κ2) is 6.10. The molecule has 0 aromatic heterocycles. The molecule has 0 amide bonds. The predicted octanol–water partition coefficient (Wildman–Crippen LogP) is 0.903. The summed E-state index contributed by atoms with van der Waals surface area (Å²) < 4.78 is 33.0. The smallest absolute Gasteiger partial charge is 0.341 e. The zero-order valence-corrected chi connectivity index (χ0v) is 11.6.